The van der Waals surface area contributed by atoms with E-state index in [0.717, 1.165) is 45.6 Å². The number of rotatable bonds is 10. The second-order valence-electron chi connectivity index (χ2n) is 7.24. The summed E-state index contributed by atoms with van der Waals surface area (Å²) in [6.07, 6.45) is 2.38. The van der Waals surface area contributed by atoms with Gasteiger partial charge in [-0.1, -0.05) is 18.2 Å². The minimum absolute atomic E-state index is 0.00732. The van der Waals surface area contributed by atoms with Crippen molar-refractivity contribution in [3.63, 3.8) is 0 Å². The van der Waals surface area contributed by atoms with Gasteiger partial charge < -0.3 is 15.5 Å². The Morgan fingerprint density at radius 2 is 1.72 bits per heavy atom. The van der Waals surface area contributed by atoms with Crippen molar-refractivity contribution in [2.75, 3.05) is 50.7 Å². The molecule has 0 saturated carbocycles. The van der Waals surface area contributed by atoms with Crippen LogP contribution < -0.4 is 15.5 Å². The number of amides is 2. The number of para-hydroxylation sites is 1. The molecule has 2 N–H and O–H groups in total. The molecule has 1 aliphatic heterocycles. The van der Waals surface area contributed by atoms with Gasteiger partial charge in [-0.05, 0) is 43.0 Å². The molecule has 0 spiro atoms. The number of anilines is 1. The lowest BCUT2D eigenvalue weighted by Crippen LogP contribution is -2.46. The number of benzene rings is 1. The second-order valence-corrected chi connectivity index (χ2v) is 8.02. The molecule has 1 aromatic heterocycles. The number of unbranched alkanes of at least 4 members (excludes halogenated alkanes) is 1. The molecular weight excluding hydrogens is 384 g/mol. The monoisotopic (exact) mass is 414 g/mol. The molecule has 0 unspecified atom stereocenters. The van der Waals surface area contributed by atoms with Gasteiger partial charge >= 0.3 is 0 Å². The maximum atomic E-state index is 11.9. The second kappa shape index (κ2) is 11.6. The van der Waals surface area contributed by atoms with Gasteiger partial charge in [-0.3, -0.25) is 14.5 Å². The van der Waals surface area contributed by atoms with E-state index in [1.54, 1.807) is 11.4 Å². The molecule has 7 heteroatoms. The van der Waals surface area contributed by atoms with Gasteiger partial charge in [-0.2, -0.15) is 11.3 Å². The van der Waals surface area contributed by atoms with Crippen LogP contribution in [0.15, 0.2) is 47.2 Å². The van der Waals surface area contributed by atoms with Crippen molar-refractivity contribution >= 4 is 28.8 Å². The van der Waals surface area contributed by atoms with Crippen LogP contribution >= 0.6 is 11.3 Å². The standard InChI is InChI=1S/C22H30N4O2S/c27-21(8-11-24-22(28)19-9-17-29-18-19)23-10-4-5-12-25-13-15-26(16-14-25)20-6-2-1-3-7-20/h1-3,6-7,9,17-18H,4-5,8,10-16H2,(H,23,27)(H,24,28). The molecule has 156 valence electrons. The van der Waals surface area contributed by atoms with Crippen molar-refractivity contribution in [3.8, 4) is 0 Å². The summed E-state index contributed by atoms with van der Waals surface area (Å²) < 4.78 is 0. The molecule has 1 aromatic carbocycles. The molecule has 2 amide bonds. The Kier molecular flexibility index (Phi) is 8.52. The van der Waals surface area contributed by atoms with E-state index >= 15 is 0 Å². The molecule has 0 atom stereocenters. The summed E-state index contributed by atoms with van der Waals surface area (Å²) in [6, 6.07) is 12.4. The van der Waals surface area contributed by atoms with Gasteiger partial charge in [-0.25, -0.2) is 0 Å². The molecule has 1 aliphatic rings. The molecule has 29 heavy (non-hydrogen) atoms. The van der Waals surface area contributed by atoms with Gasteiger partial charge in [0.1, 0.15) is 0 Å². The summed E-state index contributed by atoms with van der Waals surface area (Å²) >= 11 is 1.49. The van der Waals surface area contributed by atoms with Crippen LogP contribution in [0.3, 0.4) is 0 Å². The third kappa shape index (κ3) is 7.18. The highest BCUT2D eigenvalue weighted by Gasteiger charge is 2.16. The molecule has 0 bridgehead atoms. The lowest BCUT2D eigenvalue weighted by Gasteiger charge is -2.36. The number of nitrogens with zero attached hydrogens (tertiary/aromatic N) is 2. The molecule has 2 heterocycles. The topological polar surface area (TPSA) is 64.7 Å². The van der Waals surface area contributed by atoms with Crippen LogP contribution in [-0.4, -0.2) is 62.5 Å². The van der Waals surface area contributed by atoms with E-state index in [1.165, 1.54) is 17.0 Å². The highest BCUT2D eigenvalue weighted by Crippen LogP contribution is 2.15. The van der Waals surface area contributed by atoms with Crippen LogP contribution in [0.5, 0.6) is 0 Å². The Balaban J connectivity index is 1.19. The largest absolute Gasteiger partial charge is 0.369 e. The quantitative estimate of drug-likeness (QED) is 0.587. The average molecular weight is 415 g/mol. The van der Waals surface area contributed by atoms with E-state index in [1.807, 2.05) is 5.38 Å². The van der Waals surface area contributed by atoms with Crippen LogP contribution in [-0.2, 0) is 4.79 Å². The van der Waals surface area contributed by atoms with E-state index in [2.05, 4.69) is 50.8 Å². The summed E-state index contributed by atoms with van der Waals surface area (Å²) in [5.74, 6) is -0.126. The van der Waals surface area contributed by atoms with E-state index in [0.29, 0.717) is 25.1 Å². The van der Waals surface area contributed by atoms with Crippen LogP contribution in [0.1, 0.15) is 29.6 Å². The summed E-state index contributed by atoms with van der Waals surface area (Å²) in [7, 11) is 0. The minimum Gasteiger partial charge on any atom is -0.369 e. The Labute approximate surface area is 176 Å². The maximum Gasteiger partial charge on any atom is 0.252 e. The fraction of sp³-hybridized carbons (Fsp3) is 0.455. The molecular formula is C22H30N4O2S. The summed E-state index contributed by atoms with van der Waals surface area (Å²) in [6.45, 7) is 6.45. The molecule has 6 nitrogen and oxygen atoms in total. The number of hydrogen-bond donors (Lipinski definition) is 2. The van der Waals surface area contributed by atoms with Crippen LogP contribution in [0, 0.1) is 0 Å². The van der Waals surface area contributed by atoms with Crippen molar-refractivity contribution in [3.05, 3.63) is 52.7 Å². The minimum atomic E-state index is -0.119. The van der Waals surface area contributed by atoms with Gasteiger partial charge in [0, 0.05) is 62.3 Å². The fourth-order valence-electron chi connectivity index (χ4n) is 3.43. The van der Waals surface area contributed by atoms with Gasteiger partial charge in [0.2, 0.25) is 5.91 Å². The van der Waals surface area contributed by atoms with Crippen LogP contribution in [0.4, 0.5) is 5.69 Å². The summed E-state index contributed by atoms with van der Waals surface area (Å²) in [4.78, 5) is 28.6. The van der Waals surface area contributed by atoms with Crippen molar-refractivity contribution < 1.29 is 9.59 Å². The van der Waals surface area contributed by atoms with E-state index in [-0.39, 0.29) is 11.8 Å². The molecule has 1 saturated heterocycles. The first-order valence-electron chi connectivity index (χ1n) is 10.3. The Hall–Kier alpha value is -2.38. The van der Waals surface area contributed by atoms with Crippen molar-refractivity contribution in [2.24, 2.45) is 0 Å². The zero-order chi connectivity index (χ0) is 20.3. The molecule has 3 rings (SSSR count). The van der Waals surface area contributed by atoms with Crippen molar-refractivity contribution in [1.29, 1.82) is 0 Å². The number of hydrogen-bond acceptors (Lipinski definition) is 5. The Morgan fingerprint density at radius 3 is 2.45 bits per heavy atom. The SMILES string of the molecule is O=C(CCNC(=O)c1ccsc1)NCCCCN1CCN(c2ccccc2)CC1. The number of carbonyl (C=O) groups excluding carboxylic acids is 2. The third-order valence-corrected chi connectivity index (χ3v) is 5.82. The van der Waals surface area contributed by atoms with Gasteiger partial charge in [-0.15, -0.1) is 0 Å². The lowest BCUT2D eigenvalue weighted by molar-refractivity contribution is -0.120. The zero-order valence-corrected chi connectivity index (χ0v) is 17.6. The van der Waals surface area contributed by atoms with Gasteiger partial charge in [0.15, 0.2) is 0 Å². The first-order chi connectivity index (χ1) is 14.2. The van der Waals surface area contributed by atoms with Crippen LogP contribution in [0.25, 0.3) is 0 Å². The summed E-state index contributed by atoms with van der Waals surface area (Å²) in [5, 5.41) is 9.38. The average Bonchev–Trinajstić information content (AvgIpc) is 3.30. The third-order valence-electron chi connectivity index (χ3n) is 5.14. The Bertz CT molecular complexity index is 743. The van der Waals surface area contributed by atoms with E-state index < -0.39 is 0 Å². The molecule has 0 radical (unpaired) electrons. The molecule has 1 fully saturated rings. The van der Waals surface area contributed by atoms with E-state index in [4.69, 9.17) is 0 Å². The van der Waals surface area contributed by atoms with E-state index in [9.17, 15) is 9.59 Å². The number of piperazine rings is 1. The molecule has 0 aliphatic carbocycles. The van der Waals surface area contributed by atoms with Crippen molar-refractivity contribution in [2.45, 2.75) is 19.3 Å². The smallest absolute Gasteiger partial charge is 0.252 e. The normalized spacial score (nSPS) is 14.6. The zero-order valence-electron chi connectivity index (χ0n) is 16.8. The number of thiophene rings is 1. The highest BCUT2D eigenvalue weighted by atomic mass is 32.1. The van der Waals surface area contributed by atoms with Crippen LogP contribution in [0.2, 0.25) is 0 Å². The number of carbonyl (C=O) groups is 2. The van der Waals surface area contributed by atoms with Crippen molar-refractivity contribution in [1.82, 2.24) is 15.5 Å². The molecule has 2 aromatic rings. The first-order valence-corrected chi connectivity index (χ1v) is 11.3. The predicted molar refractivity (Wildman–Crippen MR) is 119 cm³/mol. The fourth-order valence-corrected chi connectivity index (χ4v) is 4.07. The van der Waals surface area contributed by atoms with Gasteiger partial charge in [0.05, 0.1) is 0 Å². The highest BCUT2D eigenvalue weighted by molar-refractivity contribution is 7.08. The first kappa shape index (κ1) is 21.3. The summed E-state index contributed by atoms with van der Waals surface area (Å²) in [5.41, 5.74) is 1.96. The number of nitrogens with one attached hydrogen (secondary N) is 2. The lowest BCUT2D eigenvalue weighted by atomic mass is 10.2. The van der Waals surface area contributed by atoms with Gasteiger partial charge in [0.25, 0.3) is 5.91 Å². The Morgan fingerprint density at radius 1 is 0.931 bits per heavy atom. The predicted octanol–water partition coefficient (Wildman–Crippen LogP) is 2.59. The maximum absolute atomic E-state index is 11.9.